The van der Waals surface area contributed by atoms with Gasteiger partial charge in [-0.1, -0.05) is 0 Å². The molecular formula is C14H21N3. The van der Waals surface area contributed by atoms with E-state index in [1.165, 1.54) is 12.8 Å². The van der Waals surface area contributed by atoms with Crippen LogP contribution in [0.3, 0.4) is 0 Å². The Bertz CT molecular complexity index is 409. The van der Waals surface area contributed by atoms with Crippen molar-refractivity contribution in [2.75, 3.05) is 6.54 Å². The Morgan fingerprint density at radius 2 is 2.12 bits per heavy atom. The van der Waals surface area contributed by atoms with E-state index in [0.29, 0.717) is 0 Å². The number of hydrogen-bond acceptors (Lipinski definition) is 2. The maximum Gasteiger partial charge on any atom is 0.105 e. The van der Waals surface area contributed by atoms with E-state index in [1.807, 2.05) is 6.20 Å². The van der Waals surface area contributed by atoms with Gasteiger partial charge in [0.2, 0.25) is 0 Å². The number of imidazole rings is 1. The molecule has 17 heavy (non-hydrogen) atoms. The minimum atomic E-state index is 0.866. The first kappa shape index (κ1) is 10.1. The number of aryl methyl sites for hydroxylation is 1. The normalized spacial score (nSPS) is 41.8. The molecule has 0 aromatic carbocycles. The molecule has 1 aromatic rings. The van der Waals surface area contributed by atoms with Crippen LogP contribution in [0.2, 0.25) is 0 Å². The fraction of sp³-hybridized carbons (Fsp3) is 0.786. The largest absolute Gasteiger partial charge is 0.334 e. The van der Waals surface area contributed by atoms with Crippen molar-refractivity contribution >= 4 is 0 Å². The molecule has 0 aliphatic heterocycles. The molecule has 3 nitrogen and oxygen atoms in total. The average molecular weight is 231 g/mol. The van der Waals surface area contributed by atoms with Crippen molar-refractivity contribution in [3.8, 4) is 0 Å². The third-order valence-corrected chi connectivity index (χ3v) is 5.39. The van der Waals surface area contributed by atoms with E-state index in [1.54, 1.807) is 6.42 Å². The highest BCUT2D eigenvalue weighted by Crippen LogP contribution is 2.65. The van der Waals surface area contributed by atoms with Crippen molar-refractivity contribution in [1.82, 2.24) is 14.9 Å². The molecule has 1 N–H and O–H groups in total. The van der Waals surface area contributed by atoms with Crippen LogP contribution in [-0.2, 0) is 6.54 Å². The van der Waals surface area contributed by atoms with Gasteiger partial charge in [0.15, 0.2) is 0 Å². The van der Waals surface area contributed by atoms with Crippen molar-refractivity contribution < 1.29 is 0 Å². The van der Waals surface area contributed by atoms with Gasteiger partial charge < -0.3 is 9.88 Å². The van der Waals surface area contributed by atoms with Gasteiger partial charge in [-0.3, -0.25) is 0 Å². The topological polar surface area (TPSA) is 29.9 Å². The molecule has 3 saturated carbocycles. The van der Waals surface area contributed by atoms with Gasteiger partial charge in [-0.2, -0.15) is 0 Å². The molecule has 2 bridgehead atoms. The fourth-order valence-corrected chi connectivity index (χ4v) is 4.59. The first-order valence-electron chi connectivity index (χ1n) is 7.06. The molecule has 3 heteroatoms. The van der Waals surface area contributed by atoms with Crippen molar-refractivity contribution in [2.24, 2.45) is 23.7 Å². The number of nitrogens with zero attached hydrogens (tertiary/aromatic N) is 2. The summed E-state index contributed by atoms with van der Waals surface area (Å²) < 4.78 is 2.24. The number of hydrogen-bond donors (Lipinski definition) is 1. The van der Waals surface area contributed by atoms with E-state index in [0.717, 1.165) is 48.6 Å². The molecule has 1 aromatic heterocycles. The van der Waals surface area contributed by atoms with Crippen LogP contribution in [0, 0.1) is 30.6 Å². The van der Waals surface area contributed by atoms with E-state index in [2.05, 4.69) is 28.0 Å². The van der Waals surface area contributed by atoms with Gasteiger partial charge in [-0.15, -0.1) is 0 Å². The highest BCUT2D eigenvalue weighted by Gasteiger charge is 2.64. The van der Waals surface area contributed by atoms with Crippen LogP contribution in [-0.4, -0.2) is 22.1 Å². The summed E-state index contributed by atoms with van der Waals surface area (Å²) in [5.74, 6) is 5.40. The fourth-order valence-electron chi connectivity index (χ4n) is 4.59. The molecule has 4 rings (SSSR count). The molecule has 3 fully saturated rings. The first-order valence-corrected chi connectivity index (χ1v) is 7.06. The molecule has 4 atom stereocenters. The van der Waals surface area contributed by atoms with Gasteiger partial charge in [-0.25, -0.2) is 4.98 Å². The molecule has 4 unspecified atom stereocenters. The zero-order valence-electron chi connectivity index (χ0n) is 10.5. The van der Waals surface area contributed by atoms with Crippen molar-refractivity contribution in [3.63, 3.8) is 0 Å². The van der Waals surface area contributed by atoms with Crippen molar-refractivity contribution in [2.45, 2.75) is 38.8 Å². The van der Waals surface area contributed by atoms with Crippen LogP contribution in [0.5, 0.6) is 0 Å². The van der Waals surface area contributed by atoms with Gasteiger partial charge in [0, 0.05) is 31.5 Å². The van der Waals surface area contributed by atoms with Gasteiger partial charge in [0.25, 0.3) is 0 Å². The summed E-state index contributed by atoms with van der Waals surface area (Å²) in [4.78, 5) is 4.26. The molecule has 3 aliphatic carbocycles. The maximum absolute atomic E-state index is 4.26. The zero-order valence-corrected chi connectivity index (χ0v) is 10.5. The smallest absolute Gasteiger partial charge is 0.105 e. The number of fused-ring (bicyclic) bond motifs is 5. The maximum atomic E-state index is 4.26. The Morgan fingerprint density at radius 3 is 2.76 bits per heavy atom. The Balaban J connectivity index is 1.29. The third-order valence-electron chi connectivity index (χ3n) is 5.39. The minimum absolute atomic E-state index is 0.866. The highest BCUT2D eigenvalue weighted by atomic mass is 15.1. The summed E-state index contributed by atoms with van der Waals surface area (Å²) in [6.45, 7) is 4.25. The lowest BCUT2D eigenvalue weighted by molar-refractivity contribution is 0.452. The quantitative estimate of drug-likeness (QED) is 0.856. The molecule has 0 radical (unpaired) electrons. The van der Waals surface area contributed by atoms with E-state index >= 15 is 0 Å². The lowest BCUT2D eigenvalue weighted by atomic mass is 10.0. The van der Waals surface area contributed by atoms with Crippen LogP contribution in [0.1, 0.15) is 25.1 Å². The predicted molar refractivity (Wildman–Crippen MR) is 66.6 cm³/mol. The summed E-state index contributed by atoms with van der Waals surface area (Å²) in [6, 6.07) is 0.866. The Morgan fingerprint density at radius 1 is 1.35 bits per heavy atom. The number of nitrogens with one attached hydrogen (secondary N) is 1. The summed E-state index contributed by atoms with van der Waals surface area (Å²) in [6.07, 6.45) is 8.55. The predicted octanol–water partition coefficient (Wildman–Crippen LogP) is 1.83. The van der Waals surface area contributed by atoms with E-state index in [-0.39, 0.29) is 0 Å². The van der Waals surface area contributed by atoms with Gasteiger partial charge in [0.1, 0.15) is 5.82 Å². The molecule has 0 spiro atoms. The zero-order chi connectivity index (χ0) is 11.4. The monoisotopic (exact) mass is 231 g/mol. The average Bonchev–Trinajstić information content (AvgIpc) is 2.73. The van der Waals surface area contributed by atoms with Crippen molar-refractivity contribution in [1.29, 1.82) is 0 Å². The lowest BCUT2D eigenvalue weighted by Crippen LogP contribution is -2.26. The molecule has 0 saturated heterocycles. The molecule has 3 aliphatic rings. The summed E-state index contributed by atoms with van der Waals surface area (Å²) in [5.41, 5.74) is 0. The second-order valence-electron chi connectivity index (χ2n) is 6.14. The lowest BCUT2D eigenvalue weighted by Gasteiger charge is -2.11. The molecule has 1 heterocycles. The molecule has 92 valence electrons. The number of aromatic nitrogens is 2. The van der Waals surface area contributed by atoms with Crippen LogP contribution in [0.15, 0.2) is 12.4 Å². The Labute approximate surface area is 103 Å². The van der Waals surface area contributed by atoms with Gasteiger partial charge in [-0.05, 0) is 49.9 Å². The second kappa shape index (κ2) is 3.58. The van der Waals surface area contributed by atoms with Crippen LogP contribution in [0.25, 0.3) is 0 Å². The minimum Gasteiger partial charge on any atom is -0.334 e. The van der Waals surface area contributed by atoms with E-state index in [4.69, 9.17) is 0 Å². The second-order valence-corrected chi connectivity index (χ2v) is 6.14. The third kappa shape index (κ3) is 1.48. The van der Waals surface area contributed by atoms with Gasteiger partial charge in [0.05, 0.1) is 0 Å². The van der Waals surface area contributed by atoms with Crippen LogP contribution >= 0.6 is 0 Å². The first-order chi connectivity index (χ1) is 8.34. The van der Waals surface area contributed by atoms with E-state index < -0.39 is 0 Å². The standard InChI is InChI=1S/C14H21N3/c1-9-15-4-6-17(9)7-5-16-14-12-10-2-3-11(8-10)13(12)14/h4,6,10-14,16H,2-3,5,7-8H2,1H3. The highest BCUT2D eigenvalue weighted by molar-refractivity contribution is 5.16. The summed E-state index contributed by atoms with van der Waals surface area (Å²) in [7, 11) is 0. The Kier molecular flexibility index (Phi) is 2.13. The summed E-state index contributed by atoms with van der Waals surface area (Å²) in [5, 5.41) is 3.78. The Hall–Kier alpha value is -0.830. The molecule has 0 amide bonds. The van der Waals surface area contributed by atoms with Crippen LogP contribution < -0.4 is 5.32 Å². The van der Waals surface area contributed by atoms with Crippen molar-refractivity contribution in [3.05, 3.63) is 18.2 Å². The summed E-state index contributed by atoms with van der Waals surface area (Å²) >= 11 is 0. The SMILES string of the molecule is Cc1nccn1CCNC1C2C3CCC(C3)C12. The molecular weight excluding hydrogens is 210 g/mol. The van der Waals surface area contributed by atoms with E-state index in [9.17, 15) is 0 Å². The van der Waals surface area contributed by atoms with Crippen LogP contribution in [0.4, 0.5) is 0 Å². The number of rotatable bonds is 4. The van der Waals surface area contributed by atoms with Gasteiger partial charge >= 0.3 is 0 Å².